The molecule has 3 aromatic rings. The Morgan fingerprint density at radius 1 is 0.841 bits per heavy atom. The second-order valence-corrected chi connectivity index (χ2v) is 13.1. The maximum Gasteiger partial charge on any atom is 0.527 e. The molecule has 0 radical (unpaired) electrons. The van der Waals surface area contributed by atoms with Crippen LogP contribution in [-0.2, 0) is 20.4 Å². The van der Waals surface area contributed by atoms with Crippen LogP contribution in [0.4, 0.5) is 0 Å². The predicted molar refractivity (Wildman–Crippen MR) is 176 cm³/mol. The number of rotatable bonds is 24. The SMILES string of the molecule is CCCCCCCCCCCCOc1cccc(OCC(COP(=O)(O)Oc2ccccc2C[n+]2ccsc2)OCC)c1C. The topological polar surface area (TPSA) is 87.3 Å². The molecule has 0 fully saturated rings. The summed E-state index contributed by atoms with van der Waals surface area (Å²) >= 11 is 1.57. The molecule has 2 unspecified atom stereocenters. The summed E-state index contributed by atoms with van der Waals surface area (Å²) in [6.45, 7) is 7.64. The summed E-state index contributed by atoms with van der Waals surface area (Å²) in [7, 11) is -4.42. The van der Waals surface area contributed by atoms with E-state index in [9.17, 15) is 9.46 Å². The Labute approximate surface area is 267 Å². The van der Waals surface area contributed by atoms with E-state index in [2.05, 4.69) is 6.92 Å². The highest BCUT2D eigenvalue weighted by molar-refractivity contribution is 7.47. The lowest BCUT2D eigenvalue weighted by Gasteiger charge is -2.21. The van der Waals surface area contributed by atoms with Gasteiger partial charge < -0.3 is 18.7 Å². The Bertz CT molecular complexity index is 1240. The summed E-state index contributed by atoms with van der Waals surface area (Å²) in [5.74, 6) is 1.78. The van der Waals surface area contributed by atoms with Crippen LogP contribution < -0.4 is 18.6 Å². The second-order valence-electron chi connectivity index (χ2n) is 11.0. The Hall–Kier alpha value is -2.42. The van der Waals surface area contributed by atoms with E-state index in [0.29, 0.717) is 31.3 Å². The van der Waals surface area contributed by atoms with Gasteiger partial charge in [0.1, 0.15) is 30.0 Å². The lowest BCUT2D eigenvalue weighted by Crippen LogP contribution is -2.30. The molecule has 0 amide bonds. The number of aromatic nitrogens is 1. The van der Waals surface area contributed by atoms with Crippen LogP contribution in [-0.4, -0.2) is 37.4 Å². The van der Waals surface area contributed by atoms with Crippen molar-refractivity contribution < 1.29 is 37.3 Å². The first-order valence-electron chi connectivity index (χ1n) is 16.0. The van der Waals surface area contributed by atoms with Crippen LogP contribution in [0.1, 0.15) is 89.2 Å². The first kappa shape index (κ1) is 36.1. The van der Waals surface area contributed by atoms with Crippen LogP contribution in [0.3, 0.4) is 0 Å². The number of ether oxygens (including phenoxy) is 3. The van der Waals surface area contributed by atoms with Crippen LogP contribution >= 0.6 is 19.2 Å². The van der Waals surface area contributed by atoms with Gasteiger partial charge in [0, 0.05) is 12.2 Å². The highest BCUT2D eigenvalue weighted by atomic mass is 32.1. The molecule has 0 saturated carbocycles. The number of phosphoric acid groups is 1. The van der Waals surface area contributed by atoms with E-state index < -0.39 is 13.9 Å². The third-order valence-electron chi connectivity index (χ3n) is 7.31. The third-order valence-corrected chi connectivity index (χ3v) is 8.88. The average molecular weight is 649 g/mol. The van der Waals surface area contributed by atoms with Crippen molar-refractivity contribution in [2.24, 2.45) is 0 Å². The molecule has 3 rings (SSSR count). The number of hydrogen-bond donors (Lipinski definition) is 1. The number of benzene rings is 2. The van der Waals surface area contributed by atoms with E-state index in [1.165, 1.54) is 57.8 Å². The van der Waals surface area contributed by atoms with E-state index in [1.54, 1.807) is 23.5 Å². The first-order valence-corrected chi connectivity index (χ1v) is 18.5. The van der Waals surface area contributed by atoms with E-state index in [4.69, 9.17) is 23.3 Å². The number of nitrogens with zero attached hydrogens (tertiary/aromatic N) is 1. The number of phosphoric ester groups is 1. The molecular formula is C34H51NO7PS+. The van der Waals surface area contributed by atoms with E-state index >= 15 is 0 Å². The van der Waals surface area contributed by atoms with Gasteiger partial charge in [0.05, 0.1) is 24.2 Å². The highest BCUT2D eigenvalue weighted by Gasteiger charge is 2.27. The minimum atomic E-state index is -4.42. The number of hydrogen-bond acceptors (Lipinski definition) is 7. The zero-order valence-electron chi connectivity index (χ0n) is 26.7. The molecule has 0 spiro atoms. The van der Waals surface area contributed by atoms with E-state index in [-0.39, 0.29) is 13.2 Å². The first-order chi connectivity index (χ1) is 21.4. The molecule has 2 atom stereocenters. The lowest BCUT2D eigenvalue weighted by atomic mass is 10.1. The molecule has 2 aromatic carbocycles. The molecule has 0 aliphatic carbocycles. The Morgan fingerprint density at radius 2 is 1.50 bits per heavy atom. The van der Waals surface area contributed by atoms with Gasteiger partial charge in [-0.1, -0.05) is 94.2 Å². The Morgan fingerprint density at radius 3 is 2.18 bits per heavy atom. The van der Waals surface area contributed by atoms with Gasteiger partial charge in [0.15, 0.2) is 12.7 Å². The minimum absolute atomic E-state index is 0.141. The fraction of sp³-hybridized carbons (Fsp3) is 0.559. The van der Waals surface area contributed by atoms with Gasteiger partial charge in [0.2, 0.25) is 5.51 Å². The van der Waals surface area contributed by atoms with Crippen molar-refractivity contribution in [1.82, 2.24) is 0 Å². The fourth-order valence-corrected chi connectivity index (χ4v) is 6.27. The predicted octanol–water partition coefficient (Wildman–Crippen LogP) is 8.67. The van der Waals surface area contributed by atoms with Gasteiger partial charge in [-0.3, -0.25) is 9.42 Å². The largest absolute Gasteiger partial charge is 0.527 e. The lowest BCUT2D eigenvalue weighted by molar-refractivity contribution is -0.683. The zero-order chi connectivity index (χ0) is 31.5. The average Bonchev–Trinajstić information content (AvgIpc) is 3.53. The van der Waals surface area contributed by atoms with Gasteiger partial charge >= 0.3 is 7.82 Å². The number of para-hydroxylation sites is 1. The maximum absolute atomic E-state index is 12.9. The standard InChI is InChI=1S/C34H50NO7PS/c1-4-6-7-8-9-10-11-12-13-16-23-39-32-20-17-21-33(29(32)3)40-26-31(38-5-2)27-41-43(36,37)42-34-19-15-14-18-30(34)25-35-22-24-44-28-35/h14-15,17-22,24,28,31H,4-13,16,23,25-27H2,1-3H3/p+1. The van der Waals surface area contributed by atoms with Crippen molar-refractivity contribution in [2.75, 3.05) is 26.4 Å². The molecule has 0 aliphatic rings. The van der Waals surface area contributed by atoms with Crippen molar-refractivity contribution in [3.8, 4) is 17.2 Å². The van der Waals surface area contributed by atoms with Crippen molar-refractivity contribution in [3.63, 3.8) is 0 Å². The monoisotopic (exact) mass is 648 g/mol. The van der Waals surface area contributed by atoms with Gasteiger partial charge in [-0.2, -0.15) is 4.57 Å². The van der Waals surface area contributed by atoms with Crippen LogP contribution in [0.25, 0.3) is 0 Å². The molecule has 0 saturated heterocycles. The minimum Gasteiger partial charge on any atom is -0.493 e. The Balaban J connectivity index is 1.42. The molecule has 10 heteroatoms. The summed E-state index contributed by atoms with van der Waals surface area (Å²) in [6, 6.07) is 12.9. The summed E-state index contributed by atoms with van der Waals surface area (Å²) < 4.78 is 43.5. The quantitative estimate of drug-likeness (QED) is 0.0591. The van der Waals surface area contributed by atoms with Gasteiger partial charge in [-0.05, 0) is 44.5 Å². The summed E-state index contributed by atoms with van der Waals surface area (Å²) in [5, 5.41) is 1.96. The Kier molecular flexibility index (Phi) is 16.9. The smallest absolute Gasteiger partial charge is 0.493 e. The van der Waals surface area contributed by atoms with Crippen LogP contribution in [0, 0.1) is 6.92 Å². The molecule has 244 valence electrons. The molecule has 0 bridgehead atoms. The third kappa shape index (κ3) is 13.7. The van der Waals surface area contributed by atoms with E-state index in [0.717, 1.165) is 23.3 Å². The zero-order valence-corrected chi connectivity index (χ0v) is 28.4. The normalized spacial score (nSPS) is 13.4. The fourth-order valence-electron chi connectivity index (χ4n) is 4.84. The summed E-state index contributed by atoms with van der Waals surface area (Å²) in [6.07, 6.45) is 14.2. The van der Waals surface area contributed by atoms with Crippen LogP contribution in [0.15, 0.2) is 59.6 Å². The van der Waals surface area contributed by atoms with Gasteiger partial charge in [-0.25, -0.2) is 4.57 Å². The molecule has 1 N–H and O–H groups in total. The van der Waals surface area contributed by atoms with Crippen molar-refractivity contribution in [1.29, 1.82) is 0 Å². The maximum atomic E-state index is 12.9. The van der Waals surface area contributed by atoms with Gasteiger partial charge in [-0.15, -0.1) is 0 Å². The molecule has 44 heavy (non-hydrogen) atoms. The van der Waals surface area contributed by atoms with Crippen molar-refractivity contribution in [2.45, 2.75) is 97.6 Å². The van der Waals surface area contributed by atoms with Crippen LogP contribution in [0.2, 0.25) is 0 Å². The molecule has 0 aliphatic heterocycles. The number of unbranched alkanes of at least 4 members (excludes halogenated alkanes) is 9. The number of thiazole rings is 1. The van der Waals surface area contributed by atoms with Crippen molar-refractivity contribution in [3.05, 3.63) is 70.7 Å². The van der Waals surface area contributed by atoms with E-state index in [1.807, 2.05) is 65.8 Å². The molecule has 1 heterocycles. The van der Waals surface area contributed by atoms with Crippen molar-refractivity contribution >= 4 is 19.2 Å². The second kappa shape index (κ2) is 20.6. The molecule has 8 nitrogen and oxygen atoms in total. The summed E-state index contributed by atoms with van der Waals surface area (Å²) in [5.41, 5.74) is 3.64. The highest BCUT2D eigenvalue weighted by Crippen LogP contribution is 2.45. The molecule has 1 aromatic heterocycles. The van der Waals surface area contributed by atoms with Gasteiger partial charge in [0.25, 0.3) is 0 Å². The van der Waals surface area contributed by atoms with Crippen LogP contribution in [0.5, 0.6) is 17.2 Å². The summed E-state index contributed by atoms with van der Waals surface area (Å²) in [4.78, 5) is 10.5. The molecular weight excluding hydrogens is 597 g/mol.